The molecule has 3 amide bonds. The maximum absolute atomic E-state index is 15.8. The first-order valence-corrected chi connectivity index (χ1v) is 23.2. The number of aromatic nitrogens is 4. The minimum Gasteiger partial charge on any atom is -0.453 e. The third-order valence-corrected chi connectivity index (χ3v) is 15.5. The molecule has 0 radical (unpaired) electrons. The molecule has 1 aliphatic carbocycles. The average molecular weight is 912 g/mol. The molecule has 2 aromatic heterocycles. The number of nitrogens with one attached hydrogen (secondary N) is 2. The standard InChI is InChI=1S/C44H47F2N11O7S/c1-52-37-19-38(34(46)18-31(37)41(50-52)56-14-9-39(58)49-43(56)60)54-12-7-26(8-13-54)53-15-10-44(11-16-53)20-27(21-44)57-25-48-35-5-3-28(17-30(35)42(57)59)64-40-32(22-47)36(6-4-33(40)45)51-65(61,62)55-23-29(24-55)63-2/h3-6,17-19,25-27,29,51H,7-16,20-21,23-24H2,1-2H3,(H,49,58,60). The highest BCUT2D eigenvalue weighted by molar-refractivity contribution is 7.90. The highest BCUT2D eigenvalue weighted by Gasteiger charge is 2.48. The van der Waals surface area contributed by atoms with Crippen molar-refractivity contribution < 1.29 is 36.3 Å². The van der Waals surface area contributed by atoms with E-state index in [9.17, 15) is 28.1 Å². The Balaban J connectivity index is 0.759. The third kappa shape index (κ3) is 7.71. The van der Waals surface area contributed by atoms with Gasteiger partial charge in [0.25, 0.3) is 5.56 Å². The van der Waals surface area contributed by atoms with Gasteiger partial charge >= 0.3 is 16.2 Å². The van der Waals surface area contributed by atoms with Crippen LogP contribution in [0.2, 0.25) is 0 Å². The van der Waals surface area contributed by atoms with Gasteiger partial charge in [-0.05, 0) is 99.5 Å². The molecule has 5 aromatic rings. The molecule has 3 aromatic carbocycles. The number of carbonyl (C=O) groups excluding carboxylic acids is 2. The van der Waals surface area contributed by atoms with E-state index in [2.05, 4.69) is 29.9 Å². The molecule has 6 heterocycles. The fourth-order valence-corrected chi connectivity index (χ4v) is 11.5. The van der Waals surface area contributed by atoms with Crippen molar-refractivity contribution in [3.05, 3.63) is 76.3 Å². The van der Waals surface area contributed by atoms with Crippen LogP contribution < -0.4 is 30.1 Å². The van der Waals surface area contributed by atoms with Crippen molar-refractivity contribution in [1.82, 2.24) is 33.9 Å². The lowest BCUT2D eigenvalue weighted by molar-refractivity contribution is -0.120. The van der Waals surface area contributed by atoms with Gasteiger partial charge in [-0.25, -0.2) is 18.6 Å². The van der Waals surface area contributed by atoms with E-state index >= 15 is 8.78 Å². The second-order valence-electron chi connectivity index (χ2n) is 17.8. The number of rotatable bonds is 10. The normalized spacial score (nSPS) is 20.2. The second-order valence-corrected chi connectivity index (χ2v) is 19.4. The summed E-state index contributed by atoms with van der Waals surface area (Å²) in [5, 5.41) is 17.6. The molecule has 10 rings (SSSR count). The van der Waals surface area contributed by atoms with Crippen LogP contribution in [0, 0.1) is 28.4 Å². The number of halogens is 2. The summed E-state index contributed by atoms with van der Waals surface area (Å²) in [7, 11) is -0.802. The van der Waals surface area contributed by atoms with E-state index in [1.807, 2.05) is 6.07 Å². The zero-order chi connectivity index (χ0) is 45.4. The number of amides is 3. The van der Waals surface area contributed by atoms with Gasteiger partial charge in [0.1, 0.15) is 23.2 Å². The van der Waals surface area contributed by atoms with Crippen LogP contribution in [0.25, 0.3) is 21.8 Å². The number of anilines is 3. The van der Waals surface area contributed by atoms with E-state index in [1.54, 1.807) is 34.8 Å². The number of methoxy groups -OCH3 is 1. The summed E-state index contributed by atoms with van der Waals surface area (Å²) >= 11 is 0. The lowest BCUT2D eigenvalue weighted by Crippen LogP contribution is -2.55. The highest BCUT2D eigenvalue weighted by Crippen LogP contribution is 2.55. The molecule has 1 spiro atoms. The monoisotopic (exact) mass is 911 g/mol. The van der Waals surface area contributed by atoms with Crippen LogP contribution in [0.1, 0.15) is 56.6 Å². The van der Waals surface area contributed by atoms with E-state index in [4.69, 9.17) is 9.47 Å². The Bertz CT molecular complexity index is 2960. The highest BCUT2D eigenvalue weighted by atomic mass is 32.2. The van der Waals surface area contributed by atoms with Crippen LogP contribution in [0.5, 0.6) is 11.5 Å². The summed E-state index contributed by atoms with van der Waals surface area (Å²) in [4.78, 5) is 48.7. The van der Waals surface area contributed by atoms with Gasteiger partial charge in [-0.3, -0.25) is 33.8 Å². The quantitative estimate of drug-likeness (QED) is 0.195. The lowest BCUT2D eigenvalue weighted by Gasteiger charge is -2.54. The molecule has 4 saturated heterocycles. The van der Waals surface area contributed by atoms with Crippen molar-refractivity contribution in [2.45, 2.75) is 63.1 Å². The van der Waals surface area contributed by atoms with E-state index < -0.39 is 27.8 Å². The summed E-state index contributed by atoms with van der Waals surface area (Å²) in [6.07, 6.45) is 6.94. The fourth-order valence-electron chi connectivity index (χ4n) is 10.2. The summed E-state index contributed by atoms with van der Waals surface area (Å²) in [5.74, 6) is -1.69. The van der Waals surface area contributed by atoms with Crippen LogP contribution >= 0.6 is 0 Å². The van der Waals surface area contributed by atoms with Crippen molar-refractivity contribution in [2.75, 3.05) is 67.4 Å². The Morgan fingerprint density at radius 2 is 1.69 bits per heavy atom. The van der Waals surface area contributed by atoms with Gasteiger partial charge in [-0.2, -0.15) is 23.1 Å². The Kier molecular flexibility index (Phi) is 10.7. The van der Waals surface area contributed by atoms with Gasteiger partial charge in [0.05, 0.1) is 40.2 Å². The first-order valence-electron chi connectivity index (χ1n) is 21.7. The van der Waals surface area contributed by atoms with Crippen LogP contribution in [-0.2, 0) is 26.8 Å². The molecule has 65 heavy (non-hydrogen) atoms. The number of ether oxygens (including phenoxy) is 2. The Morgan fingerprint density at radius 1 is 0.938 bits per heavy atom. The summed E-state index contributed by atoms with van der Waals surface area (Å²) < 4.78 is 74.6. The predicted octanol–water partition coefficient (Wildman–Crippen LogP) is 4.75. The minimum absolute atomic E-state index is 0.0411. The van der Waals surface area contributed by atoms with Crippen molar-refractivity contribution in [1.29, 1.82) is 5.26 Å². The fraction of sp³-hybridized carbons (Fsp3) is 0.455. The SMILES string of the molecule is COC1CN(S(=O)(=O)Nc2ccc(F)c(Oc3ccc4ncn(C5CC6(CCN(C7CCN(c8cc9c(cc8F)c(N8CCC(=O)NC8=O)nn9C)CC7)CC6)C5)c(=O)c4c3)c2C#N)C1. The molecule has 0 bridgehead atoms. The van der Waals surface area contributed by atoms with Gasteiger partial charge in [0.2, 0.25) is 5.91 Å². The number of aryl methyl sites for hydroxylation is 1. The number of nitriles is 1. The van der Waals surface area contributed by atoms with Crippen molar-refractivity contribution in [2.24, 2.45) is 12.5 Å². The number of carbonyl (C=O) groups is 2. The van der Waals surface area contributed by atoms with E-state index in [0.717, 1.165) is 68.1 Å². The van der Waals surface area contributed by atoms with Crippen molar-refractivity contribution >= 4 is 61.1 Å². The molecule has 2 N–H and O–H groups in total. The number of nitrogens with zero attached hydrogens (tertiary/aromatic N) is 9. The van der Waals surface area contributed by atoms with Crippen LogP contribution in [0.3, 0.4) is 0 Å². The molecule has 1 saturated carbocycles. The van der Waals surface area contributed by atoms with Gasteiger partial charge < -0.3 is 19.3 Å². The third-order valence-electron chi connectivity index (χ3n) is 14.0. The van der Waals surface area contributed by atoms with Gasteiger partial charge in [0.15, 0.2) is 17.4 Å². The number of benzene rings is 3. The number of urea groups is 1. The molecule has 4 aliphatic heterocycles. The molecule has 0 atom stereocenters. The Hall–Kier alpha value is -6.21. The number of piperidine rings is 2. The molecular formula is C44H47F2N11O7S. The lowest BCUT2D eigenvalue weighted by atomic mass is 9.60. The maximum atomic E-state index is 15.8. The maximum Gasteiger partial charge on any atom is 0.329 e. The van der Waals surface area contributed by atoms with Gasteiger partial charge in [-0.1, -0.05) is 0 Å². The van der Waals surface area contributed by atoms with E-state index in [1.165, 1.54) is 30.2 Å². The Morgan fingerprint density at radius 3 is 2.40 bits per heavy atom. The zero-order valence-electron chi connectivity index (χ0n) is 35.8. The molecular weight excluding hydrogens is 865 g/mol. The molecule has 18 nitrogen and oxygen atoms in total. The summed E-state index contributed by atoms with van der Waals surface area (Å²) in [6.45, 7) is 3.72. The molecule has 5 aliphatic rings. The Labute approximate surface area is 372 Å². The van der Waals surface area contributed by atoms with Gasteiger partial charge in [0, 0.05) is 70.8 Å². The molecule has 340 valence electrons. The molecule has 0 unspecified atom stereocenters. The first kappa shape index (κ1) is 42.7. The smallest absolute Gasteiger partial charge is 0.329 e. The van der Waals surface area contributed by atoms with Crippen molar-refractivity contribution in [3.63, 3.8) is 0 Å². The molecule has 21 heteroatoms. The van der Waals surface area contributed by atoms with Crippen molar-refractivity contribution in [3.8, 4) is 17.6 Å². The summed E-state index contributed by atoms with van der Waals surface area (Å²) in [6, 6.07) is 11.6. The zero-order valence-corrected chi connectivity index (χ0v) is 36.6. The summed E-state index contributed by atoms with van der Waals surface area (Å²) in [5.41, 5.74) is 0.978. The number of hydrogen-bond acceptors (Lipinski definition) is 12. The number of imide groups is 1. The van der Waals surface area contributed by atoms with Gasteiger partial charge in [-0.15, -0.1) is 0 Å². The van der Waals surface area contributed by atoms with Crippen LogP contribution in [0.15, 0.2) is 53.6 Å². The largest absolute Gasteiger partial charge is 0.453 e. The van der Waals surface area contributed by atoms with Crippen LogP contribution in [-0.4, -0.2) is 114 Å². The van der Waals surface area contributed by atoms with E-state index in [0.29, 0.717) is 47.1 Å². The average Bonchev–Trinajstić information content (AvgIpc) is 3.57. The second kappa shape index (κ2) is 16.3. The number of hydrogen-bond donors (Lipinski definition) is 2. The number of fused-ring (bicyclic) bond motifs is 2. The first-order chi connectivity index (χ1) is 31.2. The van der Waals surface area contributed by atoms with E-state index in [-0.39, 0.29) is 83.3 Å². The molecule has 5 fully saturated rings. The number of likely N-dealkylation sites (tertiary alicyclic amines) is 1. The topological polar surface area (TPSA) is 200 Å². The minimum atomic E-state index is -4.05. The van der Waals surface area contributed by atoms with Crippen LogP contribution in [0.4, 0.5) is 30.8 Å². The predicted molar refractivity (Wildman–Crippen MR) is 235 cm³/mol.